The van der Waals surface area contributed by atoms with Gasteiger partial charge in [-0.1, -0.05) is 62.4 Å². The molecule has 2 N–H and O–H groups in total. The number of carbonyl (C=O) groups excluding carboxylic acids is 2. The van der Waals surface area contributed by atoms with E-state index in [0.29, 0.717) is 25.9 Å². The van der Waals surface area contributed by atoms with Crippen LogP contribution in [0.15, 0.2) is 60.7 Å². The molecule has 1 heterocycles. The second-order valence-electron chi connectivity index (χ2n) is 8.77. The molecule has 1 amide bonds. The topological polar surface area (TPSA) is 124 Å². The highest BCUT2D eigenvalue weighted by Gasteiger charge is 2.50. The molecule has 2 aromatic carbocycles. The molecule has 0 aliphatic carbocycles. The van der Waals surface area contributed by atoms with Crippen LogP contribution in [0.2, 0.25) is 0 Å². The lowest BCUT2D eigenvalue weighted by Gasteiger charge is -2.46. The van der Waals surface area contributed by atoms with Crippen molar-refractivity contribution in [2.45, 2.75) is 51.5 Å². The average molecular weight is 513 g/mol. The van der Waals surface area contributed by atoms with Crippen LogP contribution in [0.25, 0.3) is 0 Å². The van der Waals surface area contributed by atoms with E-state index in [0.717, 1.165) is 38.2 Å². The minimum atomic E-state index is -1.82. The Morgan fingerprint density at radius 2 is 1.43 bits per heavy atom. The molecule has 0 saturated carbocycles. The highest BCUT2D eigenvalue weighted by Crippen LogP contribution is 2.35. The molecule has 200 valence electrons. The van der Waals surface area contributed by atoms with Gasteiger partial charge in [-0.25, -0.2) is 14.4 Å². The second kappa shape index (κ2) is 14.7. The third-order valence-electron chi connectivity index (χ3n) is 6.24. The van der Waals surface area contributed by atoms with Crippen molar-refractivity contribution in [3.05, 3.63) is 66.2 Å². The van der Waals surface area contributed by atoms with E-state index in [9.17, 15) is 9.59 Å². The first-order chi connectivity index (χ1) is 17.7. The van der Waals surface area contributed by atoms with E-state index in [1.807, 2.05) is 50.2 Å². The van der Waals surface area contributed by atoms with Gasteiger partial charge in [0.1, 0.15) is 5.54 Å². The number of carboxylic acids is 2. The van der Waals surface area contributed by atoms with E-state index in [2.05, 4.69) is 29.2 Å². The molecule has 3 rings (SSSR count). The molecule has 0 radical (unpaired) electrons. The zero-order chi connectivity index (χ0) is 27.3. The lowest BCUT2D eigenvalue weighted by atomic mass is 9.84. The smallest absolute Gasteiger partial charge is 0.414 e. The fourth-order valence-corrected chi connectivity index (χ4v) is 4.29. The summed E-state index contributed by atoms with van der Waals surface area (Å²) in [5.74, 6) is -3.97. The van der Waals surface area contributed by atoms with Gasteiger partial charge >= 0.3 is 17.9 Å². The van der Waals surface area contributed by atoms with Gasteiger partial charge in [0.25, 0.3) is 0 Å². The number of rotatable bonds is 9. The van der Waals surface area contributed by atoms with Crippen molar-refractivity contribution < 1.29 is 34.1 Å². The van der Waals surface area contributed by atoms with Gasteiger partial charge in [0, 0.05) is 31.7 Å². The van der Waals surface area contributed by atoms with Crippen LogP contribution in [0.3, 0.4) is 0 Å². The van der Waals surface area contributed by atoms with Crippen LogP contribution in [-0.4, -0.2) is 70.7 Å². The third kappa shape index (κ3) is 8.42. The molecule has 1 aliphatic rings. The number of para-hydroxylation sites is 1. The average Bonchev–Trinajstić information content (AvgIpc) is 2.92. The van der Waals surface area contributed by atoms with Crippen LogP contribution in [0.1, 0.15) is 45.1 Å². The highest BCUT2D eigenvalue weighted by molar-refractivity contribution is 6.27. The fourth-order valence-electron chi connectivity index (χ4n) is 4.29. The van der Waals surface area contributed by atoms with E-state index < -0.39 is 17.5 Å². The Morgan fingerprint density at radius 1 is 0.892 bits per heavy atom. The van der Waals surface area contributed by atoms with Crippen molar-refractivity contribution in [1.82, 2.24) is 4.90 Å². The predicted molar refractivity (Wildman–Crippen MR) is 139 cm³/mol. The molecule has 9 nitrogen and oxygen atoms in total. The molecular weight excluding hydrogens is 476 g/mol. The molecule has 0 spiro atoms. The Bertz CT molecular complexity index is 1010. The number of aliphatic carboxylic acids is 2. The summed E-state index contributed by atoms with van der Waals surface area (Å²) in [6.07, 6.45) is 3.23. The number of carboxylic acid groups (broad SMARTS) is 2. The van der Waals surface area contributed by atoms with E-state index in [1.165, 1.54) is 5.56 Å². The molecule has 37 heavy (non-hydrogen) atoms. The maximum absolute atomic E-state index is 13.4. The zero-order valence-corrected chi connectivity index (χ0v) is 21.5. The predicted octanol–water partition coefficient (Wildman–Crippen LogP) is 3.62. The van der Waals surface area contributed by atoms with Gasteiger partial charge in [-0.2, -0.15) is 0 Å². The van der Waals surface area contributed by atoms with E-state index in [4.69, 9.17) is 24.5 Å². The number of nitrogens with zero attached hydrogens (tertiary/aromatic N) is 2. The summed E-state index contributed by atoms with van der Waals surface area (Å²) in [6, 6.07) is 20.0. The fraction of sp³-hybridized carbons (Fsp3) is 0.429. The molecule has 1 saturated heterocycles. The maximum Gasteiger partial charge on any atom is 0.414 e. The Hall–Kier alpha value is -3.72. The largest absolute Gasteiger partial charge is 0.473 e. The molecular formula is C28H36N2O7. The number of anilines is 1. The number of ether oxygens (including phenoxy) is 1. The van der Waals surface area contributed by atoms with Crippen LogP contribution in [-0.2, 0) is 30.3 Å². The molecule has 0 unspecified atom stereocenters. The van der Waals surface area contributed by atoms with Gasteiger partial charge in [0.15, 0.2) is 0 Å². The van der Waals surface area contributed by atoms with Crippen molar-refractivity contribution in [3.63, 3.8) is 0 Å². The van der Waals surface area contributed by atoms with Crippen LogP contribution >= 0.6 is 0 Å². The summed E-state index contributed by atoms with van der Waals surface area (Å²) in [4.78, 5) is 48.8. The van der Waals surface area contributed by atoms with Gasteiger partial charge in [0.2, 0.25) is 5.91 Å². The molecule has 0 bridgehead atoms. The highest BCUT2D eigenvalue weighted by atomic mass is 16.5. The van der Waals surface area contributed by atoms with Crippen LogP contribution in [0, 0.1) is 0 Å². The lowest BCUT2D eigenvalue weighted by Crippen LogP contribution is -2.63. The van der Waals surface area contributed by atoms with Gasteiger partial charge in [-0.05, 0) is 43.4 Å². The first-order valence-electron chi connectivity index (χ1n) is 12.5. The number of piperidine rings is 1. The second-order valence-corrected chi connectivity index (χ2v) is 8.77. The van der Waals surface area contributed by atoms with E-state index in [-0.39, 0.29) is 11.9 Å². The van der Waals surface area contributed by atoms with E-state index in [1.54, 1.807) is 4.90 Å². The maximum atomic E-state index is 13.4. The number of carbonyl (C=O) groups is 4. The molecule has 0 atom stereocenters. The number of amides is 1. The minimum Gasteiger partial charge on any atom is -0.473 e. The Kier molecular flexibility index (Phi) is 11.8. The third-order valence-corrected chi connectivity index (χ3v) is 6.24. The van der Waals surface area contributed by atoms with Crippen LogP contribution in [0.4, 0.5) is 5.69 Å². The SMILES string of the molecule is CCCOC(=O)C1(N(C(=O)CC)c2ccccc2)CCN(CCc2ccccc2)CC1.O=C(O)C(=O)O. The molecule has 1 aliphatic heterocycles. The molecule has 9 heteroatoms. The molecule has 1 fully saturated rings. The number of likely N-dealkylation sites (tertiary alicyclic amines) is 1. The van der Waals surface area contributed by atoms with Gasteiger partial charge in [-0.15, -0.1) is 0 Å². The van der Waals surface area contributed by atoms with Crippen molar-refractivity contribution >= 4 is 29.5 Å². The number of benzene rings is 2. The summed E-state index contributed by atoms with van der Waals surface area (Å²) in [7, 11) is 0. The molecule has 2 aromatic rings. The summed E-state index contributed by atoms with van der Waals surface area (Å²) in [5.41, 5.74) is 1.13. The summed E-state index contributed by atoms with van der Waals surface area (Å²) in [6.45, 7) is 6.66. The lowest BCUT2D eigenvalue weighted by molar-refractivity contribution is -0.159. The number of esters is 1. The van der Waals surface area contributed by atoms with Gasteiger partial charge < -0.3 is 19.8 Å². The van der Waals surface area contributed by atoms with Crippen LogP contribution < -0.4 is 4.90 Å². The summed E-state index contributed by atoms with van der Waals surface area (Å²) < 4.78 is 5.64. The van der Waals surface area contributed by atoms with Crippen molar-refractivity contribution in [3.8, 4) is 0 Å². The van der Waals surface area contributed by atoms with E-state index >= 15 is 0 Å². The van der Waals surface area contributed by atoms with Crippen molar-refractivity contribution in [1.29, 1.82) is 0 Å². The summed E-state index contributed by atoms with van der Waals surface area (Å²) in [5, 5.41) is 14.8. The zero-order valence-electron chi connectivity index (χ0n) is 21.5. The molecule has 0 aromatic heterocycles. The minimum absolute atomic E-state index is 0.0441. The van der Waals surface area contributed by atoms with Crippen LogP contribution in [0.5, 0.6) is 0 Å². The monoisotopic (exact) mass is 512 g/mol. The van der Waals surface area contributed by atoms with Gasteiger partial charge in [-0.3, -0.25) is 9.69 Å². The number of hydrogen-bond acceptors (Lipinski definition) is 6. The Labute approximate surface area is 217 Å². The number of hydrogen-bond donors (Lipinski definition) is 2. The normalized spacial score (nSPS) is 14.5. The van der Waals surface area contributed by atoms with Gasteiger partial charge in [0.05, 0.1) is 6.61 Å². The Morgan fingerprint density at radius 3 is 1.92 bits per heavy atom. The standard InChI is InChI=1S/C26H34N2O3.C2H2O4/c1-3-21-31-25(30)26(28(24(29)4-2)23-13-9-6-10-14-23)16-19-27(20-17-26)18-15-22-11-7-5-8-12-22;3-1(4)2(5)6/h5-14H,3-4,15-21H2,1-2H3;(H,3,4)(H,5,6). The quantitative estimate of drug-likeness (QED) is 0.386. The Balaban J connectivity index is 0.000000717. The van der Waals surface area contributed by atoms with Crippen molar-refractivity contribution in [2.75, 3.05) is 31.1 Å². The van der Waals surface area contributed by atoms with Crippen molar-refractivity contribution in [2.24, 2.45) is 0 Å². The first kappa shape index (κ1) is 29.5. The summed E-state index contributed by atoms with van der Waals surface area (Å²) >= 11 is 0. The first-order valence-corrected chi connectivity index (χ1v) is 12.5.